The number of amides is 2. The van der Waals surface area contributed by atoms with Crippen molar-refractivity contribution in [2.45, 2.75) is 40.2 Å². The quantitative estimate of drug-likeness (QED) is 0.611. The van der Waals surface area contributed by atoms with Crippen molar-refractivity contribution in [3.8, 4) is 17.0 Å². The Morgan fingerprint density at radius 1 is 1.06 bits per heavy atom. The highest BCUT2D eigenvalue weighted by Gasteiger charge is 2.28. The Balaban J connectivity index is 1.58. The number of hydrogen-bond donors (Lipinski definition) is 0. The maximum atomic E-state index is 12.9. The Kier molecular flexibility index (Phi) is 8.25. The molecule has 0 radical (unpaired) electrons. The monoisotopic (exact) mass is 453 g/mol. The minimum atomic E-state index is -0.123. The lowest BCUT2D eigenvalue weighted by molar-refractivity contribution is -0.144. The summed E-state index contributed by atoms with van der Waals surface area (Å²) in [5.41, 5.74) is 1.73. The Morgan fingerprint density at radius 3 is 2.36 bits per heavy atom. The van der Waals surface area contributed by atoms with E-state index in [1.807, 2.05) is 69.0 Å². The lowest BCUT2D eigenvalue weighted by Crippen LogP contribution is -2.53. The minimum Gasteiger partial charge on any atom is -0.497 e. The van der Waals surface area contributed by atoms with E-state index in [2.05, 4.69) is 15.1 Å². The summed E-state index contributed by atoms with van der Waals surface area (Å²) in [6.45, 7) is 10.5. The number of rotatable bonds is 8. The first-order chi connectivity index (χ1) is 15.8. The van der Waals surface area contributed by atoms with Gasteiger partial charge in [-0.2, -0.15) is 0 Å². The number of ether oxygens (including phenoxy) is 1. The van der Waals surface area contributed by atoms with Gasteiger partial charge in [0.25, 0.3) is 0 Å². The Morgan fingerprint density at radius 2 is 1.79 bits per heavy atom. The first-order valence-electron chi connectivity index (χ1n) is 11.6. The van der Waals surface area contributed by atoms with Crippen LogP contribution >= 0.6 is 0 Å². The maximum absolute atomic E-state index is 12.9. The molecule has 1 aliphatic heterocycles. The molecule has 1 aliphatic rings. The predicted octanol–water partition coefficient (Wildman–Crippen LogP) is 3.08. The van der Waals surface area contributed by atoms with Crippen LogP contribution in [0.2, 0.25) is 0 Å². The molecule has 8 nitrogen and oxygen atoms in total. The van der Waals surface area contributed by atoms with Crippen molar-refractivity contribution >= 4 is 17.6 Å². The first-order valence-corrected chi connectivity index (χ1v) is 11.6. The molecule has 0 saturated carbocycles. The second-order valence-corrected chi connectivity index (χ2v) is 8.75. The fraction of sp³-hybridized carbons (Fsp3) is 0.520. The van der Waals surface area contributed by atoms with E-state index in [4.69, 9.17) is 4.74 Å². The number of nitrogens with zero attached hydrogens (tertiary/aromatic N) is 5. The van der Waals surface area contributed by atoms with E-state index in [9.17, 15) is 9.59 Å². The lowest BCUT2D eigenvalue weighted by Gasteiger charge is -2.37. The van der Waals surface area contributed by atoms with Crippen LogP contribution in [0.3, 0.4) is 0 Å². The van der Waals surface area contributed by atoms with E-state index in [1.54, 1.807) is 12.0 Å². The summed E-state index contributed by atoms with van der Waals surface area (Å²) in [6, 6.07) is 11.7. The molecule has 0 bridgehead atoms. The molecule has 0 spiro atoms. The number of anilines is 1. The van der Waals surface area contributed by atoms with Gasteiger partial charge in [0.1, 0.15) is 5.75 Å². The van der Waals surface area contributed by atoms with Crippen molar-refractivity contribution in [1.82, 2.24) is 20.0 Å². The number of benzene rings is 1. The van der Waals surface area contributed by atoms with Gasteiger partial charge in [-0.05, 0) is 37.6 Å². The van der Waals surface area contributed by atoms with Gasteiger partial charge >= 0.3 is 0 Å². The van der Waals surface area contributed by atoms with Crippen LogP contribution in [-0.4, -0.2) is 77.7 Å². The highest BCUT2D eigenvalue weighted by Crippen LogP contribution is 2.23. The summed E-state index contributed by atoms with van der Waals surface area (Å²) >= 11 is 0. The second-order valence-electron chi connectivity index (χ2n) is 8.75. The van der Waals surface area contributed by atoms with Crippen molar-refractivity contribution in [2.24, 2.45) is 5.92 Å². The lowest BCUT2D eigenvalue weighted by atomic mass is 10.1. The van der Waals surface area contributed by atoms with Crippen LogP contribution < -0.4 is 9.64 Å². The normalized spacial score (nSPS) is 14.8. The first kappa shape index (κ1) is 24.5. The van der Waals surface area contributed by atoms with Crippen molar-refractivity contribution in [3.05, 3.63) is 36.4 Å². The average molecular weight is 454 g/mol. The van der Waals surface area contributed by atoms with E-state index >= 15 is 0 Å². The summed E-state index contributed by atoms with van der Waals surface area (Å²) in [5, 5.41) is 8.79. The molecule has 0 aliphatic carbocycles. The van der Waals surface area contributed by atoms with Gasteiger partial charge in [-0.1, -0.05) is 32.9 Å². The average Bonchev–Trinajstić information content (AvgIpc) is 2.86. The molecule has 2 heterocycles. The Labute approximate surface area is 196 Å². The fourth-order valence-corrected chi connectivity index (χ4v) is 3.86. The van der Waals surface area contributed by atoms with Crippen LogP contribution in [0.15, 0.2) is 36.4 Å². The molecular weight excluding hydrogens is 418 g/mol. The van der Waals surface area contributed by atoms with E-state index < -0.39 is 0 Å². The van der Waals surface area contributed by atoms with Crippen molar-refractivity contribution in [1.29, 1.82) is 0 Å². The molecule has 1 saturated heterocycles. The smallest absolute Gasteiger partial charge is 0.242 e. The third-order valence-electron chi connectivity index (χ3n) is 6.18. The predicted molar refractivity (Wildman–Crippen MR) is 129 cm³/mol. The molecule has 1 aromatic heterocycles. The fourth-order valence-electron chi connectivity index (χ4n) is 3.86. The zero-order valence-electron chi connectivity index (χ0n) is 20.3. The van der Waals surface area contributed by atoms with Crippen LogP contribution in [0.5, 0.6) is 5.75 Å². The summed E-state index contributed by atoms with van der Waals surface area (Å²) < 4.78 is 5.28. The third-order valence-corrected chi connectivity index (χ3v) is 6.18. The van der Waals surface area contributed by atoms with Gasteiger partial charge in [-0.3, -0.25) is 9.59 Å². The van der Waals surface area contributed by atoms with E-state index in [0.29, 0.717) is 26.2 Å². The molecule has 1 aromatic carbocycles. The third kappa shape index (κ3) is 6.00. The van der Waals surface area contributed by atoms with Crippen molar-refractivity contribution in [2.75, 3.05) is 44.7 Å². The molecule has 8 heteroatoms. The SMILES string of the molecule is CCC(C)N(CC(=O)N1CCN(c2ccc(-c3cccc(OC)c3)nn2)CC1)C(=O)C(C)C. The Bertz CT molecular complexity index is 939. The van der Waals surface area contributed by atoms with Gasteiger partial charge in [-0.25, -0.2) is 0 Å². The molecule has 1 fully saturated rings. The maximum Gasteiger partial charge on any atom is 0.242 e. The highest BCUT2D eigenvalue weighted by molar-refractivity contribution is 5.86. The van der Waals surface area contributed by atoms with Crippen LogP contribution in [-0.2, 0) is 9.59 Å². The van der Waals surface area contributed by atoms with Crippen molar-refractivity contribution in [3.63, 3.8) is 0 Å². The van der Waals surface area contributed by atoms with Crippen molar-refractivity contribution < 1.29 is 14.3 Å². The summed E-state index contributed by atoms with van der Waals surface area (Å²) in [4.78, 5) is 31.2. The number of piperazine rings is 1. The molecule has 178 valence electrons. The standard InChI is InChI=1S/C25H35N5O3/c1-6-19(4)30(25(32)18(2)3)17-24(31)29-14-12-28(13-15-29)23-11-10-22(26-27-23)20-8-7-9-21(16-20)33-5/h7-11,16,18-19H,6,12-15,17H2,1-5H3. The van der Waals surface area contributed by atoms with E-state index in [1.165, 1.54) is 0 Å². The number of hydrogen-bond acceptors (Lipinski definition) is 6. The minimum absolute atomic E-state index is 0.00315. The highest BCUT2D eigenvalue weighted by atomic mass is 16.5. The van der Waals surface area contributed by atoms with Crippen LogP contribution in [0.4, 0.5) is 5.82 Å². The van der Waals surface area contributed by atoms with Gasteiger partial charge in [0.05, 0.1) is 19.3 Å². The Hall–Kier alpha value is -3.16. The molecular formula is C25H35N5O3. The van der Waals surface area contributed by atoms with Gasteiger partial charge in [0.2, 0.25) is 11.8 Å². The molecule has 1 atom stereocenters. The number of carbonyl (C=O) groups excluding carboxylic acids is 2. The van der Waals surface area contributed by atoms with Crippen LogP contribution in [0.1, 0.15) is 34.1 Å². The number of aromatic nitrogens is 2. The summed E-state index contributed by atoms with van der Waals surface area (Å²) in [6.07, 6.45) is 0.823. The van der Waals surface area contributed by atoms with Gasteiger partial charge in [-0.15, -0.1) is 10.2 Å². The van der Waals surface area contributed by atoms with Gasteiger partial charge in [0, 0.05) is 43.7 Å². The molecule has 33 heavy (non-hydrogen) atoms. The van der Waals surface area contributed by atoms with Crippen LogP contribution in [0, 0.1) is 5.92 Å². The largest absolute Gasteiger partial charge is 0.497 e. The topological polar surface area (TPSA) is 78.9 Å². The number of carbonyl (C=O) groups is 2. The zero-order valence-corrected chi connectivity index (χ0v) is 20.3. The van der Waals surface area contributed by atoms with E-state index in [-0.39, 0.29) is 30.3 Å². The van der Waals surface area contributed by atoms with Gasteiger partial charge in [0.15, 0.2) is 5.82 Å². The molecule has 1 unspecified atom stereocenters. The zero-order chi connectivity index (χ0) is 24.0. The molecule has 2 aromatic rings. The number of methoxy groups -OCH3 is 1. The molecule has 3 rings (SSSR count). The van der Waals surface area contributed by atoms with E-state index in [0.717, 1.165) is 29.2 Å². The second kappa shape index (κ2) is 11.1. The summed E-state index contributed by atoms with van der Waals surface area (Å²) in [7, 11) is 1.64. The van der Waals surface area contributed by atoms with Gasteiger partial charge < -0.3 is 19.4 Å². The molecule has 0 N–H and O–H groups in total. The van der Waals surface area contributed by atoms with Crippen LogP contribution in [0.25, 0.3) is 11.3 Å². The summed E-state index contributed by atoms with van der Waals surface area (Å²) in [5.74, 6) is 1.49. The molecule has 2 amide bonds.